The van der Waals surface area contributed by atoms with Gasteiger partial charge in [-0.2, -0.15) is 0 Å². The highest BCUT2D eigenvalue weighted by Crippen LogP contribution is 2.22. The van der Waals surface area contributed by atoms with E-state index in [4.69, 9.17) is 9.88 Å². The first-order valence-electron chi connectivity index (χ1n) is 7.43. The highest BCUT2D eigenvalue weighted by molar-refractivity contribution is 7.89. The molecule has 0 saturated heterocycles. The van der Waals surface area contributed by atoms with E-state index in [2.05, 4.69) is 5.32 Å². The molecule has 1 rings (SSSR count). The highest BCUT2D eigenvalue weighted by Gasteiger charge is 2.11. The van der Waals surface area contributed by atoms with Crippen LogP contribution in [0.1, 0.15) is 38.7 Å². The van der Waals surface area contributed by atoms with Crippen molar-refractivity contribution in [3.63, 3.8) is 0 Å². The number of aryl methyl sites for hydroxylation is 1. The van der Waals surface area contributed by atoms with Crippen LogP contribution < -0.4 is 15.2 Å². The molecule has 7 heteroatoms. The number of benzene rings is 1. The van der Waals surface area contributed by atoms with E-state index in [0.717, 1.165) is 18.4 Å². The van der Waals surface area contributed by atoms with Crippen molar-refractivity contribution in [2.24, 2.45) is 5.14 Å². The molecule has 0 saturated carbocycles. The maximum Gasteiger partial charge on any atom is 0.238 e. The quantitative estimate of drug-likeness (QED) is 0.672. The van der Waals surface area contributed by atoms with Crippen LogP contribution in [0.15, 0.2) is 23.1 Å². The number of carbonyl (C=O) groups excluding carboxylic acids is 1. The van der Waals surface area contributed by atoms with E-state index in [1.807, 2.05) is 13.8 Å². The minimum absolute atomic E-state index is 0.0192. The van der Waals surface area contributed by atoms with Crippen LogP contribution in [-0.4, -0.2) is 27.5 Å². The third-order valence-electron chi connectivity index (χ3n) is 3.18. The minimum Gasteiger partial charge on any atom is -0.491 e. The van der Waals surface area contributed by atoms with Crippen molar-refractivity contribution in [3.8, 4) is 5.75 Å². The van der Waals surface area contributed by atoms with Crippen LogP contribution in [0.4, 0.5) is 0 Å². The Kier molecular flexibility index (Phi) is 7.34. The number of ether oxygens (including phenoxy) is 1. The molecule has 124 valence electrons. The zero-order valence-electron chi connectivity index (χ0n) is 13.1. The van der Waals surface area contributed by atoms with E-state index in [0.29, 0.717) is 31.7 Å². The molecular weight excluding hydrogens is 304 g/mol. The molecule has 0 aliphatic carbocycles. The summed E-state index contributed by atoms with van der Waals surface area (Å²) in [5.41, 5.74) is 0.767. The van der Waals surface area contributed by atoms with Gasteiger partial charge in [0.1, 0.15) is 12.4 Å². The normalized spacial score (nSPS) is 11.2. The van der Waals surface area contributed by atoms with Crippen LogP contribution in [0.2, 0.25) is 0 Å². The summed E-state index contributed by atoms with van der Waals surface area (Å²) in [7, 11) is -3.71. The van der Waals surface area contributed by atoms with Gasteiger partial charge >= 0.3 is 0 Å². The van der Waals surface area contributed by atoms with Crippen LogP contribution in [0.5, 0.6) is 5.75 Å². The molecule has 0 heterocycles. The molecule has 22 heavy (non-hydrogen) atoms. The minimum atomic E-state index is -3.71. The number of carbonyl (C=O) groups is 1. The van der Waals surface area contributed by atoms with Gasteiger partial charge in [-0.25, -0.2) is 13.6 Å². The fourth-order valence-corrected chi connectivity index (χ4v) is 2.49. The Balaban J connectivity index is 2.54. The molecule has 0 radical (unpaired) electrons. The van der Waals surface area contributed by atoms with Crippen molar-refractivity contribution in [1.29, 1.82) is 0 Å². The summed E-state index contributed by atoms with van der Waals surface area (Å²) >= 11 is 0. The second kappa shape index (κ2) is 8.75. The molecule has 0 aliphatic rings. The Morgan fingerprint density at radius 3 is 2.64 bits per heavy atom. The monoisotopic (exact) mass is 328 g/mol. The van der Waals surface area contributed by atoms with E-state index in [9.17, 15) is 13.2 Å². The lowest BCUT2D eigenvalue weighted by Crippen LogP contribution is -2.27. The van der Waals surface area contributed by atoms with Crippen LogP contribution >= 0.6 is 0 Å². The Bertz CT molecular complexity index is 600. The molecule has 1 aromatic rings. The Labute approximate surface area is 132 Å². The number of rotatable bonds is 9. The standard InChI is InChI=1S/C15H24N2O4S/c1-3-5-6-15(18)17-9-10-21-14-8-7-13(22(16,19)20)11-12(14)4-2/h7-8,11H,3-6,9-10H2,1-2H3,(H,17,18)(H2,16,19,20). The maximum atomic E-state index is 11.4. The lowest BCUT2D eigenvalue weighted by molar-refractivity contribution is -0.121. The molecule has 0 aromatic heterocycles. The molecular formula is C15H24N2O4S. The molecule has 3 N–H and O–H groups in total. The summed E-state index contributed by atoms with van der Waals surface area (Å²) in [6.45, 7) is 4.69. The van der Waals surface area contributed by atoms with Gasteiger partial charge in [0.15, 0.2) is 0 Å². The van der Waals surface area contributed by atoms with E-state index in [-0.39, 0.29) is 10.8 Å². The summed E-state index contributed by atoms with van der Waals surface area (Å²) in [6, 6.07) is 4.53. The number of hydrogen-bond acceptors (Lipinski definition) is 4. The first-order chi connectivity index (χ1) is 10.4. The SMILES string of the molecule is CCCCC(=O)NCCOc1ccc(S(N)(=O)=O)cc1CC. The topological polar surface area (TPSA) is 98.5 Å². The van der Waals surface area contributed by atoms with Gasteiger partial charge in [-0.15, -0.1) is 0 Å². The van der Waals surface area contributed by atoms with Crippen LogP contribution in [0, 0.1) is 0 Å². The summed E-state index contributed by atoms with van der Waals surface area (Å²) in [5.74, 6) is 0.628. The van der Waals surface area contributed by atoms with Gasteiger partial charge in [-0.3, -0.25) is 4.79 Å². The average Bonchev–Trinajstić information content (AvgIpc) is 2.48. The van der Waals surface area contributed by atoms with Crippen molar-refractivity contribution in [1.82, 2.24) is 5.32 Å². The van der Waals surface area contributed by atoms with Gasteiger partial charge in [0.25, 0.3) is 0 Å². The van der Waals surface area contributed by atoms with Crippen molar-refractivity contribution < 1.29 is 17.9 Å². The summed E-state index contributed by atoms with van der Waals surface area (Å²) in [6.07, 6.45) is 3.02. The van der Waals surface area contributed by atoms with E-state index in [1.165, 1.54) is 12.1 Å². The van der Waals surface area contributed by atoms with Gasteiger partial charge in [0.2, 0.25) is 15.9 Å². The Morgan fingerprint density at radius 1 is 1.32 bits per heavy atom. The van der Waals surface area contributed by atoms with E-state index in [1.54, 1.807) is 6.07 Å². The van der Waals surface area contributed by atoms with Gasteiger partial charge < -0.3 is 10.1 Å². The molecule has 0 bridgehead atoms. The molecule has 6 nitrogen and oxygen atoms in total. The smallest absolute Gasteiger partial charge is 0.238 e. The number of unbranched alkanes of at least 4 members (excludes halogenated alkanes) is 1. The number of amides is 1. The molecule has 0 fully saturated rings. The largest absolute Gasteiger partial charge is 0.491 e. The fourth-order valence-electron chi connectivity index (χ4n) is 1.93. The Hall–Kier alpha value is -1.60. The maximum absolute atomic E-state index is 11.4. The number of sulfonamides is 1. The second-order valence-electron chi connectivity index (χ2n) is 4.97. The summed E-state index contributed by atoms with van der Waals surface area (Å²) in [4.78, 5) is 11.5. The highest BCUT2D eigenvalue weighted by atomic mass is 32.2. The van der Waals surface area contributed by atoms with E-state index < -0.39 is 10.0 Å². The van der Waals surface area contributed by atoms with Crippen LogP contribution in [0.25, 0.3) is 0 Å². The number of primary sulfonamides is 1. The fraction of sp³-hybridized carbons (Fsp3) is 0.533. The number of hydrogen-bond donors (Lipinski definition) is 2. The van der Waals surface area contributed by atoms with Gasteiger partial charge in [0.05, 0.1) is 11.4 Å². The summed E-state index contributed by atoms with van der Waals surface area (Å²) in [5, 5.41) is 7.89. The molecule has 0 spiro atoms. The molecule has 0 unspecified atom stereocenters. The lowest BCUT2D eigenvalue weighted by Gasteiger charge is -2.12. The second-order valence-corrected chi connectivity index (χ2v) is 6.53. The predicted octanol–water partition coefficient (Wildman–Crippen LogP) is 1.58. The van der Waals surface area contributed by atoms with Gasteiger partial charge in [-0.05, 0) is 36.6 Å². The molecule has 0 aliphatic heterocycles. The first-order valence-corrected chi connectivity index (χ1v) is 8.98. The predicted molar refractivity (Wildman–Crippen MR) is 85.2 cm³/mol. The molecule has 1 amide bonds. The molecule has 1 aromatic carbocycles. The number of nitrogens with two attached hydrogens (primary N) is 1. The van der Waals surface area contributed by atoms with Crippen molar-refractivity contribution in [2.45, 2.75) is 44.4 Å². The third-order valence-corrected chi connectivity index (χ3v) is 4.09. The number of nitrogens with one attached hydrogen (secondary N) is 1. The van der Waals surface area contributed by atoms with Gasteiger partial charge in [-0.1, -0.05) is 20.3 Å². The average molecular weight is 328 g/mol. The van der Waals surface area contributed by atoms with Crippen LogP contribution in [0.3, 0.4) is 0 Å². The molecule has 0 atom stereocenters. The summed E-state index contributed by atoms with van der Waals surface area (Å²) < 4.78 is 28.2. The van der Waals surface area contributed by atoms with Crippen LogP contribution in [-0.2, 0) is 21.2 Å². The lowest BCUT2D eigenvalue weighted by atomic mass is 10.1. The van der Waals surface area contributed by atoms with Gasteiger partial charge in [0, 0.05) is 6.42 Å². The zero-order valence-corrected chi connectivity index (χ0v) is 13.9. The van der Waals surface area contributed by atoms with Crippen molar-refractivity contribution in [3.05, 3.63) is 23.8 Å². The first kappa shape index (κ1) is 18.4. The third kappa shape index (κ3) is 6.03. The Morgan fingerprint density at radius 2 is 2.05 bits per heavy atom. The van der Waals surface area contributed by atoms with E-state index >= 15 is 0 Å². The van der Waals surface area contributed by atoms with Crippen molar-refractivity contribution >= 4 is 15.9 Å². The zero-order chi connectivity index (χ0) is 16.6. The van der Waals surface area contributed by atoms with Crippen molar-refractivity contribution in [2.75, 3.05) is 13.2 Å².